The first-order chi connectivity index (χ1) is 20.2. The zero-order valence-electron chi connectivity index (χ0n) is 23.1. The number of rotatable bonds is 2. The van der Waals surface area contributed by atoms with Gasteiger partial charge in [0.1, 0.15) is 0 Å². The number of benzene rings is 2. The van der Waals surface area contributed by atoms with E-state index in [0.29, 0.717) is 29.9 Å². The Morgan fingerprint density at radius 3 is 1.76 bits per heavy atom. The van der Waals surface area contributed by atoms with Crippen LogP contribution in [0.3, 0.4) is 0 Å². The first-order valence-corrected chi connectivity index (χ1v) is 14.0. The number of nitrogens with one attached hydrogen (secondary N) is 4. The molecule has 0 atom stereocenters. The number of carbonyl (C=O) groups excluding carboxylic acids is 2. The lowest BCUT2D eigenvalue weighted by Gasteiger charge is -2.12. The van der Waals surface area contributed by atoms with Crippen LogP contribution in [0.5, 0.6) is 6.01 Å². The lowest BCUT2D eigenvalue weighted by Crippen LogP contribution is -2.24. The van der Waals surface area contributed by atoms with Crippen LogP contribution < -0.4 is 26.0 Å². The van der Waals surface area contributed by atoms with Crippen molar-refractivity contribution in [1.82, 2.24) is 25.6 Å². The number of amides is 2. The Bertz CT molecular complexity index is 1320. The normalized spacial score (nSPS) is 16.0. The van der Waals surface area contributed by atoms with Crippen LogP contribution in [0.1, 0.15) is 71.2 Å². The molecule has 224 valence electrons. The van der Waals surface area contributed by atoms with Gasteiger partial charge < -0.3 is 26.0 Å². The molecule has 0 unspecified atom stereocenters. The summed E-state index contributed by atoms with van der Waals surface area (Å²) >= 11 is 0. The van der Waals surface area contributed by atoms with Crippen molar-refractivity contribution in [2.45, 2.75) is 57.7 Å². The fourth-order valence-corrected chi connectivity index (χ4v) is 4.23. The van der Waals surface area contributed by atoms with Crippen LogP contribution in [0.25, 0.3) is 0 Å². The molecule has 1 aromatic heterocycles. The van der Waals surface area contributed by atoms with Crippen molar-refractivity contribution >= 4 is 29.4 Å². The van der Waals surface area contributed by atoms with Crippen LogP contribution >= 0.6 is 0 Å². The van der Waals surface area contributed by atoms with Crippen molar-refractivity contribution in [1.29, 1.82) is 0 Å². The third-order valence-corrected chi connectivity index (χ3v) is 6.47. The van der Waals surface area contributed by atoms with E-state index < -0.39 is 18.8 Å². The fourth-order valence-electron chi connectivity index (χ4n) is 4.23. The topological polar surface area (TPSA) is 130 Å². The molecule has 3 aromatic rings. The van der Waals surface area contributed by atoms with Crippen LogP contribution in [0.4, 0.5) is 30.8 Å². The Labute approximate surface area is 241 Å². The van der Waals surface area contributed by atoms with Gasteiger partial charge in [-0.3, -0.25) is 9.59 Å². The van der Waals surface area contributed by atoms with Crippen molar-refractivity contribution in [2.75, 3.05) is 30.3 Å². The minimum absolute atomic E-state index is 0.0140. The van der Waals surface area contributed by atoms with Crippen molar-refractivity contribution in [3.63, 3.8) is 0 Å². The minimum atomic E-state index is -4.57. The molecule has 3 aliphatic rings. The third kappa shape index (κ3) is 10.2. The van der Waals surface area contributed by atoms with E-state index in [4.69, 9.17) is 4.74 Å². The van der Waals surface area contributed by atoms with E-state index in [2.05, 4.69) is 36.2 Å². The maximum Gasteiger partial charge on any atom is 0.422 e. The summed E-state index contributed by atoms with van der Waals surface area (Å²) < 4.78 is 43.1. The Morgan fingerprint density at radius 2 is 1.19 bits per heavy atom. The molecule has 0 saturated heterocycles. The van der Waals surface area contributed by atoms with Gasteiger partial charge in [-0.1, -0.05) is 44.2 Å². The van der Waals surface area contributed by atoms with Gasteiger partial charge in [-0.2, -0.15) is 28.1 Å². The summed E-state index contributed by atoms with van der Waals surface area (Å²) in [6.07, 6.45) is 2.57. The molecular weight excluding hydrogens is 551 g/mol. The zero-order chi connectivity index (χ0) is 29.8. The number of ether oxygens (including phenoxy) is 1. The van der Waals surface area contributed by atoms with Gasteiger partial charge in [0.15, 0.2) is 6.61 Å². The standard InChI is InChI=1S/C29H34F3N7O3/c30-29(31,32)19-42-28-38-26-35-18-20-8-10-21(11-9-20)24(40)33-16-6-4-2-1-3-5-7-17-34-25(41)22-12-14-23(15-13-22)36-27(37-26)39-28/h8-15H,1-7,16-19H2,(H,33,40)(H,34,41)(H2,35,36,37,38,39). The van der Waals surface area contributed by atoms with Crippen molar-refractivity contribution in [3.05, 3.63) is 65.2 Å². The monoisotopic (exact) mass is 585 g/mol. The highest BCUT2D eigenvalue weighted by Crippen LogP contribution is 2.21. The number of hydrogen-bond donors (Lipinski definition) is 4. The number of hydrogen-bond acceptors (Lipinski definition) is 8. The molecule has 0 aliphatic carbocycles. The van der Waals surface area contributed by atoms with Crippen molar-refractivity contribution < 1.29 is 27.5 Å². The van der Waals surface area contributed by atoms with Gasteiger partial charge in [-0.05, 0) is 54.8 Å². The number of fused-ring (bicyclic) bond motifs is 2. The Hall–Kier alpha value is -4.42. The van der Waals surface area contributed by atoms with E-state index in [9.17, 15) is 22.8 Å². The molecule has 6 rings (SSSR count). The zero-order valence-corrected chi connectivity index (χ0v) is 23.1. The summed E-state index contributed by atoms with van der Waals surface area (Å²) in [7, 11) is 0. The van der Waals surface area contributed by atoms with E-state index in [1.165, 1.54) is 0 Å². The van der Waals surface area contributed by atoms with E-state index >= 15 is 0 Å². The highest BCUT2D eigenvalue weighted by molar-refractivity contribution is 5.94. The summed E-state index contributed by atoms with van der Waals surface area (Å²) in [6, 6.07) is 13.0. The first kappa shape index (κ1) is 30.5. The van der Waals surface area contributed by atoms with Crippen LogP contribution in [0.15, 0.2) is 48.5 Å². The van der Waals surface area contributed by atoms with Gasteiger partial charge >= 0.3 is 12.2 Å². The number of aromatic nitrogens is 3. The Balaban J connectivity index is 1.51. The lowest BCUT2D eigenvalue weighted by molar-refractivity contribution is -0.154. The van der Waals surface area contributed by atoms with Crippen molar-refractivity contribution in [3.8, 4) is 6.01 Å². The van der Waals surface area contributed by atoms with Gasteiger partial charge in [-0.15, -0.1) is 0 Å². The molecule has 0 saturated carbocycles. The average molecular weight is 586 g/mol. The SMILES string of the molecule is O=C1NCCCCCCCCCNC(=O)c2ccc(cc2)Nc2nc(nc(OCC(F)(F)F)n2)NCc2ccc1cc2. The van der Waals surface area contributed by atoms with Gasteiger partial charge in [0.05, 0.1) is 0 Å². The van der Waals surface area contributed by atoms with Gasteiger partial charge in [-0.25, -0.2) is 0 Å². The molecule has 3 aliphatic heterocycles. The highest BCUT2D eigenvalue weighted by atomic mass is 19.4. The second-order valence-corrected chi connectivity index (χ2v) is 9.91. The van der Waals surface area contributed by atoms with Crippen LogP contribution in [0, 0.1) is 0 Å². The maximum absolute atomic E-state index is 12.8. The van der Waals surface area contributed by atoms with Gasteiger partial charge in [0.25, 0.3) is 11.8 Å². The van der Waals surface area contributed by atoms with E-state index in [0.717, 1.165) is 50.5 Å². The highest BCUT2D eigenvalue weighted by Gasteiger charge is 2.29. The summed E-state index contributed by atoms with van der Waals surface area (Å²) in [5.74, 6) is -0.407. The number of carbonyl (C=O) groups is 2. The molecule has 0 fully saturated rings. The molecule has 42 heavy (non-hydrogen) atoms. The molecule has 2 aromatic carbocycles. The van der Waals surface area contributed by atoms with Crippen molar-refractivity contribution in [2.24, 2.45) is 0 Å². The first-order valence-electron chi connectivity index (χ1n) is 14.0. The van der Waals surface area contributed by atoms with Crippen LogP contribution in [0.2, 0.25) is 0 Å². The Morgan fingerprint density at radius 1 is 0.667 bits per heavy atom. The number of alkyl halides is 3. The second kappa shape index (κ2) is 15.0. The van der Waals surface area contributed by atoms with Gasteiger partial charge in [0.2, 0.25) is 11.9 Å². The molecule has 13 heteroatoms. The largest absolute Gasteiger partial charge is 0.454 e. The molecule has 10 nitrogen and oxygen atoms in total. The Kier molecular flexibility index (Phi) is 10.9. The molecule has 0 radical (unpaired) electrons. The molecule has 6 bridgehead atoms. The predicted molar refractivity (Wildman–Crippen MR) is 152 cm³/mol. The average Bonchev–Trinajstić information content (AvgIpc) is 2.97. The van der Waals surface area contributed by atoms with Crippen LogP contribution in [-0.4, -0.2) is 52.6 Å². The second-order valence-electron chi connectivity index (χ2n) is 9.91. The quantitative estimate of drug-likeness (QED) is 0.316. The fraction of sp³-hybridized carbons (Fsp3) is 0.414. The van der Waals surface area contributed by atoms with Gasteiger partial charge in [0, 0.05) is 36.4 Å². The van der Waals surface area contributed by atoms with Crippen LogP contribution in [-0.2, 0) is 6.54 Å². The number of nitrogens with zero attached hydrogens (tertiary/aromatic N) is 3. The summed E-state index contributed by atoms with van der Waals surface area (Å²) in [5.41, 5.74) is 2.31. The minimum Gasteiger partial charge on any atom is -0.454 e. The summed E-state index contributed by atoms with van der Waals surface area (Å²) in [6.45, 7) is -0.159. The maximum atomic E-state index is 12.8. The predicted octanol–water partition coefficient (Wildman–Crippen LogP) is 5.37. The number of anilines is 3. The van der Waals surface area contributed by atoms with E-state index in [-0.39, 0.29) is 30.3 Å². The van der Waals surface area contributed by atoms with E-state index in [1.54, 1.807) is 48.5 Å². The molecule has 4 N–H and O–H groups in total. The molecule has 0 spiro atoms. The number of halogens is 3. The lowest BCUT2D eigenvalue weighted by atomic mass is 10.1. The van der Waals surface area contributed by atoms with E-state index in [1.807, 2.05) is 0 Å². The molecular formula is C29H34F3N7O3. The summed E-state index contributed by atoms with van der Waals surface area (Å²) in [5, 5.41) is 11.7. The molecule has 4 heterocycles. The smallest absolute Gasteiger partial charge is 0.422 e. The molecule has 2 amide bonds. The summed E-state index contributed by atoms with van der Waals surface area (Å²) in [4.78, 5) is 37.1. The third-order valence-electron chi connectivity index (χ3n) is 6.47.